The SMILES string of the molecule is C1=CC2CC[CH]([Ti][CH]3C(P(c4ccccc4)c4ccccc4)=Cc4ccccc43)C2C=C1. The van der Waals surface area contributed by atoms with Crippen LogP contribution in [-0.4, -0.2) is 0 Å². The second-order valence-corrected chi connectivity index (χ2v) is 13.8. The molecule has 0 radical (unpaired) electrons. The summed E-state index contributed by atoms with van der Waals surface area (Å²) in [7, 11) is -0.517. The molecule has 0 N–H and O–H groups in total. The molecule has 156 valence electrons. The molecular weight excluding hydrogens is 439 g/mol. The van der Waals surface area contributed by atoms with Gasteiger partial charge < -0.3 is 0 Å². The zero-order valence-corrected chi connectivity index (χ0v) is 20.6. The van der Waals surface area contributed by atoms with Crippen molar-refractivity contribution in [1.82, 2.24) is 0 Å². The molecule has 3 aromatic rings. The fraction of sp³-hybridized carbons (Fsp3) is 0.200. The van der Waals surface area contributed by atoms with Crippen molar-refractivity contribution >= 4 is 24.6 Å². The minimum atomic E-state index is -0.517. The Hall–Kier alpha value is -1.98. The van der Waals surface area contributed by atoms with Crippen LogP contribution in [0.15, 0.2) is 115 Å². The van der Waals surface area contributed by atoms with Crippen molar-refractivity contribution in [2.45, 2.75) is 21.3 Å². The van der Waals surface area contributed by atoms with E-state index in [0.717, 1.165) is 16.1 Å². The summed E-state index contributed by atoms with van der Waals surface area (Å²) in [6.45, 7) is 0. The molecule has 1 saturated carbocycles. The van der Waals surface area contributed by atoms with Crippen LogP contribution in [0.25, 0.3) is 6.08 Å². The number of hydrogen-bond donors (Lipinski definition) is 0. The summed E-state index contributed by atoms with van der Waals surface area (Å²) in [5, 5.41) is 4.65. The van der Waals surface area contributed by atoms with Crippen LogP contribution in [0.1, 0.15) is 28.2 Å². The Bertz CT molecular complexity index is 1140. The topological polar surface area (TPSA) is 0 Å². The molecule has 1 fully saturated rings. The van der Waals surface area contributed by atoms with Gasteiger partial charge in [0.25, 0.3) is 0 Å². The summed E-state index contributed by atoms with van der Waals surface area (Å²) in [5.74, 6) is 1.55. The second kappa shape index (κ2) is 9.11. The molecule has 2 heteroatoms. The standard InChI is InChI=1S/C21H16P.C9H11.Ti/c1-3-11-19(12-4-1)22(20-13-5-2-6-14-20)21-15-17-9-7-8-10-18(17)16-21;1-2-5-9-7-3-6-8(9)4-1;/h1-16H;1-2,4-6,8-9H,3,7H2;. The first-order chi connectivity index (χ1) is 15.9. The molecule has 4 unspecified atom stereocenters. The van der Waals surface area contributed by atoms with E-state index in [1.807, 2.05) is 0 Å². The Morgan fingerprint density at radius 2 is 1.34 bits per heavy atom. The summed E-state index contributed by atoms with van der Waals surface area (Å²) >= 11 is -0.186. The Morgan fingerprint density at radius 3 is 2.09 bits per heavy atom. The molecule has 6 rings (SSSR count). The van der Waals surface area contributed by atoms with Gasteiger partial charge in [-0.2, -0.15) is 0 Å². The van der Waals surface area contributed by atoms with Gasteiger partial charge in [0.2, 0.25) is 0 Å². The first-order valence-corrected chi connectivity index (χ1v) is 14.8. The Morgan fingerprint density at radius 1 is 0.688 bits per heavy atom. The van der Waals surface area contributed by atoms with E-state index in [0.29, 0.717) is 4.22 Å². The van der Waals surface area contributed by atoms with Crippen LogP contribution in [-0.2, 0) is 19.2 Å². The number of hydrogen-bond acceptors (Lipinski definition) is 0. The van der Waals surface area contributed by atoms with Gasteiger partial charge in [-0.05, 0) is 0 Å². The molecule has 0 heterocycles. The number of fused-ring (bicyclic) bond motifs is 2. The van der Waals surface area contributed by atoms with Crippen molar-refractivity contribution in [3.63, 3.8) is 0 Å². The van der Waals surface area contributed by atoms with E-state index in [1.165, 1.54) is 29.0 Å². The van der Waals surface area contributed by atoms with Gasteiger partial charge in [0.15, 0.2) is 0 Å². The van der Waals surface area contributed by atoms with Gasteiger partial charge in [0.1, 0.15) is 0 Å². The van der Waals surface area contributed by atoms with Crippen LogP contribution in [0.2, 0.25) is 4.22 Å². The molecule has 4 atom stereocenters. The van der Waals surface area contributed by atoms with Gasteiger partial charge in [-0.15, -0.1) is 0 Å². The maximum absolute atomic E-state index is 2.57. The minimum absolute atomic E-state index is 0.186. The second-order valence-electron chi connectivity index (χ2n) is 9.00. The van der Waals surface area contributed by atoms with Gasteiger partial charge in [-0.25, -0.2) is 0 Å². The number of rotatable bonds is 5. The van der Waals surface area contributed by atoms with E-state index in [1.54, 1.807) is 10.9 Å². The van der Waals surface area contributed by atoms with E-state index in [2.05, 4.69) is 115 Å². The quantitative estimate of drug-likeness (QED) is 0.275. The first-order valence-electron chi connectivity index (χ1n) is 11.7. The Labute approximate surface area is 201 Å². The molecule has 0 spiro atoms. The molecule has 0 saturated heterocycles. The van der Waals surface area contributed by atoms with Crippen LogP contribution in [0, 0.1) is 11.8 Å². The van der Waals surface area contributed by atoms with Gasteiger partial charge >= 0.3 is 203 Å². The van der Waals surface area contributed by atoms with E-state index in [4.69, 9.17) is 0 Å². The zero-order valence-electron chi connectivity index (χ0n) is 18.1. The van der Waals surface area contributed by atoms with Crippen molar-refractivity contribution < 1.29 is 19.2 Å². The van der Waals surface area contributed by atoms with E-state index < -0.39 is 7.92 Å². The number of allylic oxidation sites excluding steroid dienone is 5. The van der Waals surface area contributed by atoms with E-state index in [-0.39, 0.29) is 19.2 Å². The molecular formula is C30H27PTi. The Balaban J connectivity index is 1.42. The van der Waals surface area contributed by atoms with Crippen molar-refractivity contribution in [2.75, 3.05) is 0 Å². The maximum atomic E-state index is 2.57. The predicted molar refractivity (Wildman–Crippen MR) is 134 cm³/mol. The molecule has 0 amide bonds. The third-order valence-electron chi connectivity index (χ3n) is 7.15. The normalized spacial score (nSPS) is 25.5. The van der Waals surface area contributed by atoms with Crippen molar-refractivity contribution in [3.8, 4) is 0 Å². The molecule has 0 aromatic heterocycles. The summed E-state index contributed by atoms with van der Waals surface area (Å²) < 4.78 is 1.53. The molecule has 0 nitrogen and oxygen atoms in total. The molecule has 3 aliphatic rings. The monoisotopic (exact) mass is 466 g/mol. The molecule has 32 heavy (non-hydrogen) atoms. The molecule has 0 aliphatic heterocycles. The van der Waals surface area contributed by atoms with Crippen molar-refractivity contribution in [2.24, 2.45) is 11.8 Å². The zero-order chi connectivity index (χ0) is 21.3. The predicted octanol–water partition coefficient (Wildman–Crippen LogP) is 7.24. The third kappa shape index (κ3) is 3.84. The van der Waals surface area contributed by atoms with Crippen LogP contribution in [0.5, 0.6) is 0 Å². The van der Waals surface area contributed by atoms with Crippen LogP contribution in [0.3, 0.4) is 0 Å². The first kappa shape index (κ1) is 20.6. The van der Waals surface area contributed by atoms with Gasteiger partial charge in [0, 0.05) is 0 Å². The molecule has 0 bridgehead atoms. The average Bonchev–Trinajstić information content (AvgIpc) is 3.43. The third-order valence-corrected chi connectivity index (χ3v) is 13.3. The van der Waals surface area contributed by atoms with Crippen molar-refractivity contribution in [3.05, 3.63) is 126 Å². The van der Waals surface area contributed by atoms with E-state index in [9.17, 15) is 0 Å². The fourth-order valence-corrected chi connectivity index (χ4v) is 12.2. The van der Waals surface area contributed by atoms with Gasteiger partial charge in [0.05, 0.1) is 0 Å². The summed E-state index contributed by atoms with van der Waals surface area (Å²) in [5.41, 5.74) is 3.06. The van der Waals surface area contributed by atoms with Crippen LogP contribution < -0.4 is 10.6 Å². The summed E-state index contributed by atoms with van der Waals surface area (Å²) in [6.07, 6.45) is 14.9. The van der Waals surface area contributed by atoms with Crippen LogP contribution in [0.4, 0.5) is 0 Å². The molecule has 3 aliphatic carbocycles. The van der Waals surface area contributed by atoms with Crippen molar-refractivity contribution in [1.29, 1.82) is 0 Å². The van der Waals surface area contributed by atoms with Gasteiger partial charge in [-0.1, -0.05) is 0 Å². The average molecular weight is 466 g/mol. The Kier molecular flexibility index (Phi) is 5.87. The van der Waals surface area contributed by atoms with Gasteiger partial charge in [-0.3, -0.25) is 0 Å². The number of benzene rings is 3. The van der Waals surface area contributed by atoms with Crippen LogP contribution >= 0.6 is 7.92 Å². The van der Waals surface area contributed by atoms with E-state index >= 15 is 0 Å². The summed E-state index contributed by atoms with van der Waals surface area (Å²) in [4.78, 5) is 0. The fourth-order valence-electron chi connectivity index (χ4n) is 5.64. The summed E-state index contributed by atoms with van der Waals surface area (Å²) in [6, 6.07) is 31.7. The molecule has 3 aromatic carbocycles.